The third kappa shape index (κ3) is 5.46. The molecule has 0 bridgehead atoms. The van der Waals surface area contributed by atoms with Gasteiger partial charge in [0.1, 0.15) is 11.9 Å². The van der Waals surface area contributed by atoms with Gasteiger partial charge in [0.05, 0.1) is 11.7 Å². The van der Waals surface area contributed by atoms with Crippen molar-refractivity contribution < 1.29 is 19.7 Å². The maximum absolute atomic E-state index is 12.6. The highest BCUT2D eigenvalue weighted by atomic mass is 16.5. The number of phenols is 1. The van der Waals surface area contributed by atoms with E-state index in [2.05, 4.69) is 6.08 Å². The van der Waals surface area contributed by atoms with Crippen LogP contribution < -0.4 is 0 Å². The highest BCUT2D eigenvalue weighted by Crippen LogP contribution is 2.30. The molecular weight excluding hydrogens is 328 g/mol. The zero-order valence-electron chi connectivity index (χ0n) is 16.1. The van der Waals surface area contributed by atoms with Gasteiger partial charge in [0.25, 0.3) is 0 Å². The normalized spacial score (nSPS) is 28.6. The van der Waals surface area contributed by atoms with Gasteiger partial charge in [-0.2, -0.15) is 0 Å². The molecule has 0 fully saturated rings. The molecule has 26 heavy (non-hydrogen) atoms. The van der Waals surface area contributed by atoms with Crippen molar-refractivity contribution in [3.05, 3.63) is 53.1 Å². The first kappa shape index (κ1) is 20.2. The molecule has 1 aromatic rings. The zero-order chi connectivity index (χ0) is 19.3. The van der Waals surface area contributed by atoms with E-state index < -0.39 is 18.2 Å². The van der Waals surface area contributed by atoms with E-state index >= 15 is 0 Å². The number of esters is 1. The smallest absolute Gasteiger partial charge is 0.338 e. The largest absolute Gasteiger partial charge is 0.508 e. The van der Waals surface area contributed by atoms with Crippen molar-refractivity contribution in [3.8, 4) is 5.75 Å². The van der Waals surface area contributed by atoms with Crippen molar-refractivity contribution in [1.29, 1.82) is 0 Å². The Bertz CT molecular complexity index is 670. The van der Waals surface area contributed by atoms with E-state index in [1.165, 1.54) is 17.7 Å². The van der Waals surface area contributed by atoms with Crippen LogP contribution in [-0.2, 0) is 4.74 Å². The number of carbonyl (C=O) groups is 1. The average Bonchev–Trinajstić information content (AvgIpc) is 2.54. The Morgan fingerprint density at radius 3 is 2.42 bits per heavy atom. The van der Waals surface area contributed by atoms with E-state index in [-0.39, 0.29) is 17.6 Å². The second kappa shape index (κ2) is 9.04. The summed E-state index contributed by atoms with van der Waals surface area (Å²) in [6.07, 6.45) is 5.48. The second-order valence-electron chi connectivity index (χ2n) is 7.61. The Morgan fingerprint density at radius 1 is 1.15 bits per heavy atom. The topological polar surface area (TPSA) is 66.8 Å². The minimum atomic E-state index is -0.654. The number of rotatable bonds is 3. The van der Waals surface area contributed by atoms with Gasteiger partial charge in [0.15, 0.2) is 0 Å². The minimum Gasteiger partial charge on any atom is -0.508 e. The van der Waals surface area contributed by atoms with Gasteiger partial charge >= 0.3 is 5.97 Å². The maximum Gasteiger partial charge on any atom is 0.338 e. The summed E-state index contributed by atoms with van der Waals surface area (Å²) in [5.41, 5.74) is 2.71. The van der Waals surface area contributed by atoms with Crippen molar-refractivity contribution in [3.63, 3.8) is 0 Å². The SMILES string of the molecule is C/C1=C/CC/C(C)=C/[C@H](O)[C@H](C(C)C)[C@@H](OC(=O)c2ccc(O)cc2)C1. The minimum absolute atomic E-state index is 0.107. The molecule has 3 atom stereocenters. The van der Waals surface area contributed by atoms with Gasteiger partial charge in [-0.05, 0) is 56.9 Å². The quantitative estimate of drug-likeness (QED) is 0.611. The third-order valence-electron chi connectivity index (χ3n) is 4.96. The van der Waals surface area contributed by atoms with Crippen LogP contribution in [0.15, 0.2) is 47.6 Å². The monoisotopic (exact) mass is 358 g/mol. The van der Waals surface area contributed by atoms with E-state index in [1.54, 1.807) is 12.1 Å². The lowest BCUT2D eigenvalue weighted by atomic mass is 9.81. The summed E-state index contributed by atoms with van der Waals surface area (Å²) in [4.78, 5) is 12.6. The number of aliphatic hydroxyl groups is 1. The fraction of sp³-hybridized carbons (Fsp3) is 0.500. The number of benzene rings is 1. The summed E-state index contributed by atoms with van der Waals surface area (Å²) in [5, 5.41) is 20.2. The van der Waals surface area contributed by atoms with E-state index in [1.807, 2.05) is 33.8 Å². The molecule has 0 unspecified atom stereocenters. The molecule has 2 rings (SSSR count). The summed E-state index contributed by atoms with van der Waals surface area (Å²) in [6, 6.07) is 6.03. The first-order valence-corrected chi connectivity index (χ1v) is 9.29. The molecule has 0 radical (unpaired) electrons. The standard InChI is InChI=1S/C22H30O4/c1-14(2)21-19(24)12-15(3)6-5-7-16(4)13-20(21)26-22(25)17-8-10-18(23)11-9-17/h7-12,14,19-21,23-24H,5-6,13H2,1-4H3/b15-12+,16-7-/t19-,20-,21-/m0/s1. The summed E-state index contributed by atoms with van der Waals surface area (Å²) in [5.74, 6) is -0.361. The summed E-state index contributed by atoms with van der Waals surface area (Å²) < 4.78 is 5.85. The Balaban J connectivity index is 2.30. The summed E-state index contributed by atoms with van der Waals surface area (Å²) >= 11 is 0. The van der Waals surface area contributed by atoms with Gasteiger partial charge in [-0.1, -0.05) is 37.1 Å². The molecule has 0 aromatic heterocycles. The number of ether oxygens (including phenoxy) is 1. The van der Waals surface area contributed by atoms with Crippen LogP contribution in [0.3, 0.4) is 0 Å². The van der Waals surface area contributed by atoms with Gasteiger partial charge in [0.2, 0.25) is 0 Å². The van der Waals surface area contributed by atoms with Gasteiger partial charge in [-0.3, -0.25) is 0 Å². The lowest BCUT2D eigenvalue weighted by molar-refractivity contribution is -0.0216. The zero-order valence-corrected chi connectivity index (χ0v) is 16.1. The molecule has 0 amide bonds. The van der Waals surface area contributed by atoms with Crippen LogP contribution in [0.5, 0.6) is 5.75 Å². The average molecular weight is 358 g/mol. The predicted molar refractivity (Wildman–Crippen MR) is 103 cm³/mol. The number of allylic oxidation sites excluding steroid dienone is 2. The van der Waals surface area contributed by atoms with Crippen LogP contribution in [0, 0.1) is 11.8 Å². The molecular formula is C22H30O4. The molecule has 1 aromatic carbocycles. The molecule has 4 nitrogen and oxygen atoms in total. The fourth-order valence-corrected chi connectivity index (χ4v) is 3.54. The summed E-state index contributed by atoms with van der Waals surface area (Å²) in [6.45, 7) is 8.17. The van der Waals surface area contributed by atoms with Crippen LogP contribution >= 0.6 is 0 Å². The van der Waals surface area contributed by atoms with E-state index in [9.17, 15) is 15.0 Å². The second-order valence-corrected chi connectivity index (χ2v) is 7.61. The molecule has 0 aliphatic heterocycles. The van der Waals surface area contributed by atoms with Gasteiger partial charge in [-0.25, -0.2) is 4.79 Å². The van der Waals surface area contributed by atoms with E-state index in [0.717, 1.165) is 18.4 Å². The predicted octanol–water partition coefficient (Wildman–Crippen LogP) is 4.63. The van der Waals surface area contributed by atoms with Crippen molar-refractivity contribution >= 4 is 5.97 Å². The number of aliphatic hydroxyl groups excluding tert-OH is 1. The highest BCUT2D eigenvalue weighted by Gasteiger charge is 2.33. The molecule has 0 saturated heterocycles. The molecule has 1 aliphatic carbocycles. The molecule has 4 heteroatoms. The number of hydrogen-bond donors (Lipinski definition) is 2. The first-order valence-electron chi connectivity index (χ1n) is 9.29. The van der Waals surface area contributed by atoms with E-state index in [0.29, 0.717) is 12.0 Å². The number of phenolic OH excluding ortho intramolecular Hbond substituents is 1. The number of carbonyl (C=O) groups excluding carboxylic acids is 1. The van der Waals surface area contributed by atoms with Crippen molar-refractivity contribution in [2.75, 3.05) is 0 Å². The number of hydrogen-bond acceptors (Lipinski definition) is 4. The molecule has 0 spiro atoms. The summed E-state index contributed by atoms with van der Waals surface area (Å²) in [7, 11) is 0. The Kier molecular flexibility index (Phi) is 7.04. The molecule has 142 valence electrons. The van der Waals surface area contributed by atoms with Crippen molar-refractivity contribution in [2.24, 2.45) is 11.8 Å². The Labute approximate surface area is 156 Å². The highest BCUT2D eigenvalue weighted by molar-refractivity contribution is 5.89. The molecule has 0 saturated carbocycles. The van der Waals surface area contributed by atoms with Crippen molar-refractivity contribution in [2.45, 2.75) is 59.2 Å². The lowest BCUT2D eigenvalue weighted by Gasteiger charge is -2.33. The Hall–Kier alpha value is -2.07. The van der Waals surface area contributed by atoms with Crippen LogP contribution in [0.1, 0.15) is 57.3 Å². The van der Waals surface area contributed by atoms with Gasteiger partial charge in [0, 0.05) is 12.3 Å². The molecule has 1 aliphatic rings. The third-order valence-corrected chi connectivity index (χ3v) is 4.96. The van der Waals surface area contributed by atoms with Crippen LogP contribution in [-0.4, -0.2) is 28.4 Å². The fourth-order valence-electron chi connectivity index (χ4n) is 3.54. The Morgan fingerprint density at radius 2 is 1.81 bits per heavy atom. The van der Waals surface area contributed by atoms with Crippen LogP contribution in [0.4, 0.5) is 0 Å². The lowest BCUT2D eigenvalue weighted by Crippen LogP contribution is -2.38. The first-order chi connectivity index (χ1) is 12.3. The number of aromatic hydroxyl groups is 1. The van der Waals surface area contributed by atoms with Gasteiger partial charge in [-0.15, -0.1) is 0 Å². The molecule has 2 N–H and O–H groups in total. The van der Waals surface area contributed by atoms with Gasteiger partial charge < -0.3 is 14.9 Å². The van der Waals surface area contributed by atoms with Crippen LogP contribution in [0.25, 0.3) is 0 Å². The maximum atomic E-state index is 12.6. The van der Waals surface area contributed by atoms with Crippen molar-refractivity contribution in [1.82, 2.24) is 0 Å². The molecule has 0 heterocycles. The van der Waals surface area contributed by atoms with E-state index in [4.69, 9.17) is 4.74 Å². The van der Waals surface area contributed by atoms with Crippen LogP contribution in [0.2, 0.25) is 0 Å².